The number of aryl methyl sites for hydroxylation is 2. The van der Waals surface area contributed by atoms with E-state index in [1.165, 1.54) is 16.0 Å². The fraction of sp³-hybridized carbons (Fsp3) is 0.400. The first-order valence-electron chi connectivity index (χ1n) is 11.0. The first kappa shape index (κ1) is 23.5. The predicted molar refractivity (Wildman–Crippen MR) is 126 cm³/mol. The Morgan fingerprint density at radius 3 is 2.56 bits per heavy atom. The molecular weight excluding hydrogens is 404 g/mol. The van der Waals surface area contributed by atoms with Gasteiger partial charge in [0.1, 0.15) is 6.54 Å². The molecule has 7 heteroatoms. The highest BCUT2D eigenvalue weighted by molar-refractivity contribution is 6.03. The fourth-order valence-electron chi connectivity index (χ4n) is 3.72. The van der Waals surface area contributed by atoms with Gasteiger partial charge in [-0.1, -0.05) is 42.5 Å². The summed E-state index contributed by atoms with van der Waals surface area (Å²) in [6, 6.07) is 15.7. The molecule has 0 bridgehead atoms. The summed E-state index contributed by atoms with van der Waals surface area (Å²) in [5.41, 5.74) is 5.31. The molecule has 0 fully saturated rings. The van der Waals surface area contributed by atoms with Crippen molar-refractivity contribution in [2.24, 2.45) is 5.10 Å². The predicted octanol–water partition coefficient (Wildman–Crippen LogP) is 3.66. The molecule has 0 radical (unpaired) electrons. The summed E-state index contributed by atoms with van der Waals surface area (Å²) in [4.78, 5) is 27.3. The number of amides is 3. The molecule has 3 amide bonds. The molecule has 1 aliphatic rings. The van der Waals surface area contributed by atoms with Crippen LogP contribution in [0.4, 0.5) is 4.79 Å². The highest BCUT2D eigenvalue weighted by atomic mass is 16.5. The van der Waals surface area contributed by atoms with Crippen molar-refractivity contribution in [1.82, 2.24) is 15.2 Å². The first-order chi connectivity index (χ1) is 15.4. The second-order valence-electron chi connectivity index (χ2n) is 7.96. The largest absolute Gasteiger partial charge is 0.383 e. The number of benzene rings is 2. The van der Waals surface area contributed by atoms with E-state index in [4.69, 9.17) is 9.84 Å². The average molecular weight is 437 g/mol. The zero-order chi connectivity index (χ0) is 23.1. The van der Waals surface area contributed by atoms with Gasteiger partial charge >= 0.3 is 6.03 Å². The molecule has 0 saturated heterocycles. The van der Waals surface area contributed by atoms with Crippen LogP contribution in [0, 0.1) is 13.8 Å². The van der Waals surface area contributed by atoms with Crippen LogP contribution >= 0.6 is 0 Å². The molecule has 0 saturated carbocycles. The maximum absolute atomic E-state index is 13.4. The van der Waals surface area contributed by atoms with Gasteiger partial charge in [-0.25, -0.2) is 9.80 Å². The van der Waals surface area contributed by atoms with Crippen molar-refractivity contribution >= 4 is 17.6 Å². The third-order valence-electron chi connectivity index (χ3n) is 5.70. The minimum absolute atomic E-state index is 0.0672. The first-order valence-corrected chi connectivity index (χ1v) is 11.0. The number of methoxy groups -OCH3 is 1. The van der Waals surface area contributed by atoms with E-state index in [1.54, 1.807) is 12.1 Å². The van der Waals surface area contributed by atoms with Gasteiger partial charge in [-0.2, -0.15) is 5.10 Å². The molecule has 1 N–H and O–H groups in total. The molecule has 0 aliphatic carbocycles. The zero-order valence-electron chi connectivity index (χ0n) is 19.3. The van der Waals surface area contributed by atoms with Crippen LogP contribution in [0.15, 0.2) is 53.6 Å². The van der Waals surface area contributed by atoms with E-state index in [2.05, 4.69) is 37.4 Å². The van der Waals surface area contributed by atoms with Gasteiger partial charge < -0.3 is 15.0 Å². The summed E-state index contributed by atoms with van der Waals surface area (Å²) in [6.07, 6.45) is 0.623. The summed E-state index contributed by atoms with van der Waals surface area (Å²) < 4.78 is 5.12. The molecule has 3 rings (SSSR count). The van der Waals surface area contributed by atoms with Crippen molar-refractivity contribution < 1.29 is 14.3 Å². The Morgan fingerprint density at radius 1 is 1.16 bits per heavy atom. The number of nitrogens with one attached hydrogen (secondary N) is 1. The number of rotatable bonds is 8. The Kier molecular flexibility index (Phi) is 8.00. The second kappa shape index (κ2) is 10.9. The summed E-state index contributed by atoms with van der Waals surface area (Å²) in [6.45, 7) is 7.10. The molecule has 1 heterocycles. The lowest BCUT2D eigenvalue weighted by Crippen LogP contribution is -2.47. The minimum Gasteiger partial charge on any atom is -0.383 e. The van der Waals surface area contributed by atoms with Crippen molar-refractivity contribution in [2.45, 2.75) is 33.2 Å². The number of hydrogen-bond donors (Lipinski definition) is 1. The number of hydrazone groups is 1. The summed E-state index contributed by atoms with van der Waals surface area (Å²) in [7, 11) is 1.57. The molecular formula is C25H32N4O3. The molecule has 1 unspecified atom stereocenters. The van der Waals surface area contributed by atoms with Crippen molar-refractivity contribution in [1.29, 1.82) is 0 Å². The van der Waals surface area contributed by atoms with E-state index in [-0.39, 0.29) is 24.5 Å². The van der Waals surface area contributed by atoms with Gasteiger partial charge in [-0.3, -0.25) is 4.79 Å². The Morgan fingerprint density at radius 2 is 1.91 bits per heavy atom. The molecule has 1 atom stereocenters. The standard InChI is InChI=1S/C25H32N4O3/c1-5-26-25(31)28(13-14-32-4)17-24(30)29-23(20-9-7-6-8-10-20)16-22(27-29)21-12-11-18(2)19(3)15-21/h6-12,15,23H,5,13-14,16-17H2,1-4H3,(H,26,31). The lowest BCUT2D eigenvalue weighted by molar-refractivity contribution is -0.133. The Balaban J connectivity index is 1.88. The molecule has 0 spiro atoms. The highest BCUT2D eigenvalue weighted by Crippen LogP contribution is 2.33. The Labute approximate surface area is 190 Å². The lowest BCUT2D eigenvalue weighted by Gasteiger charge is -2.27. The monoisotopic (exact) mass is 436 g/mol. The van der Waals surface area contributed by atoms with Gasteiger partial charge in [0.2, 0.25) is 0 Å². The van der Waals surface area contributed by atoms with Crippen LogP contribution in [0.1, 0.15) is 41.6 Å². The second-order valence-corrected chi connectivity index (χ2v) is 7.96. The molecule has 7 nitrogen and oxygen atoms in total. The van der Waals surface area contributed by atoms with Crippen molar-refractivity contribution in [3.8, 4) is 0 Å². The van der Waals surface area contributed by atoms with Crippen molar-refractivity contribution in [2.75, 3.05) is 33.4 Å². The van der Waals surface area contributed by atoms with E-state index in [0.29, 0.717) is 26.1 Å². The number of ether oxygens (including phenoxy) is 1. The van der Waals surface area contributed by atoms with Gasteiger partial charge in [0.15, 0.2) is 0 Å². The molecule has 170 valence electrons. The van der Waals surface area contributed by atoms with Crippen LogP contribution in [0.5, 0.6) is 0 Å². The van der Waals surface area contributed by atoms with Gasteiger partial charge in [-0.15, -0.1) is 0 Å². The quantitative estimate of drug-likeness (QED) is 0.686. The van der Waals surface area contributed by atoms with Crippen LogP contribution in [0.3, 0.4) is 0 Å². The molecule has 2 aromatic rings. The van der Waals surface area contributed by atoms with Crippen LogP contribution < -0.4 is 5.32 Å². The highest BCUT2D eigenvalue weighted by Gasteiger charge is 2.34. The van der Waals surface area contributed by atoms with E-state index in [9.17, 15) is 9.59 Å². The maximum Gasteiger partial charge on any atom is 0.317 e. The molecule has 32 heavy (non-hydrogen) atoms. The number of nitrogens with zero attached hydrogens (tertiary/aromatic N) is 3. The van der Waals surface area contributed by atoms with Crippen LogP contribution in [0.25, 0.3) is 0 Å². The van der Waals surface area contributed by atoms with Crippen molar-refractivity contribution in [3.05, 3.63) is 70.8 Å². The average Bonchev–Trinajstić information content (AvgIpc) is 3.25. The SMILES string of the molecule is CCNC(=O)N(CCOC)CC(=O)N1N=C(c2ccc(C)c(C)c2)CC1c1ccccc1. The third-order valence-corrected chi connectivity index (χ3v) is 5.70. The maximum atomic E-state index is 13.4. The van der Waals surface area contributed by atoms with Gasteiger partial charge in [0.05, 0.1) is 18.4 Å². The fourth-order valence-corrected chi connectivity index (χ4v) is 3.72. The minimum atomic E-state index is -0.285. The van der Waals surface area contributed by atoms with E-state index < -0.39 is 0 Å². The van der Waals surface area contributed by atoms with Crippen LogP contribution in [-0.4, -0.2) is 60.9 Å². The van der Waals surface area contributed by atoms with Crippen LogP contribution in [0.2, 0.25) is 0 Å². The van der Waals surface area contributed by atoms with Crippen LogP contribution in [-0.2, 0) is 9.53 Å². The summed E-state index contributed by atoms with van der Waals surface area (Å²) in [5.74, 6) is -0.222. The smallest absolute Gasteiger partial charge is 0.317 e. The molecule has 0 aromatic heterocycles. The lowest BCUT2D eigenvalue weighted by atomic mass is 9.96. The topological polar surface area (TPSA) is 74.2 Å². The molecule has 2 aromatic carbocycles. The number of carbonyl (C=O) groups excluding carboxylic acids is 2. The van der Waals surface area contributed by atoms with E-state index >= 15 is 0 Å². The third kappa shape index (κ3) is 5.53. The Hall–Kier alpha value is -3.19. The van der Waals surface area contributed by atoms with Gasteiger partial charge in [0, 0.05) is 26.6 Å². The zero-order valence-corrected chi connectivity index (χ0v) is 19.3. The summed E-state index contributed by atoms with van der Waals surface area (Å²) >= 11 is 0. The number of urea groups is 1. The number of carbonyl (C=O) groups is 2. The van der Waals surface area contributed by atoms with E-state index in [1.807, 2.05) is 37.3 Å². The van der Waals surface area contributed by atoms with Gasteiger partial charge in [0.25, 0.3) is 5.91 Å². The Bertz CT molecular complexity index is 974. The molecule has 1 aliphatic heterocycles. The van der Waals surface area contributed by atoms with E-state index in [0.717, 1.165) is 16.8 Å². The van der Waals surface area contributed by atoms with Crippen molar-refractivity contribution in [3.63, 3.8) is 0 Å². The normalized spacial score (nSPS) is 15.4. The number of hydrogen-bond acceptors (Lipinski definition) is 4. The summed E-state index contributed by atoms with van der Waals surface area (Å²) in [5, 5.41) is 9.04. The van der Waals surface area contributed by atoms with Gasteiger partial charge in [-0.05, 0) is 49.1 Å².